The van der Waals surface area contributed by atoms with Crippen molar-refractivity contribution in [2.45, 2.75) is 65.0 Å². The Morgan fingerprint density at radius 1 is 1.10 bits per heavy atom. The van der Waals surface area contributed by atoms with Crippen LogP contribution >= 0.6 is 0 Å². The first-order valence-electron chi connectivity index (χ1n) is 8.32. The average Bonchev–Trinajstić information content (AvgIpc) is 2.43. The van der Waals surface area contributed by atoms with E-state index in [4.69, 9.17) is 0 Å². The van der Waals surface area contributed by atoms with Gasteiger partial charge in [-0.15, -0.1) is 0 Å². The second-order valence-electron chi connectivity index (χ2n) is 7.24. The number of nitrogens with zero attached hydrogens (tertiary/aromatic N) is 1. The molecule has 0 aliphatic carbocycles. The molecule has 21 heavy (non-hydrogen) atoms. The van der Waals surface area contributed by atoms with Crippen molar-refractivity contribution in [1.82, 2.24) is 10.2 Å². The largest absolute Gasteiger partial charge is 0.314 e. The third-order valence-electron chi connectivity index (χ3n) is 4.43. The Labute approximate surface area is 131 Å². The van der Waals surface area contributed by atoms with Gasteiger partial charge in [-0.05, 0) is 64.7 Å². The van der Waals surface area contributed by atoms with E-state index < -0.39 is 0 Å². The van der Waals surface area contributed by atoms with Gasteiger partial charge in [0.25, 0.3) is 0 Å². The van der Waals surface area contributed by atoms with Gasteiger partial charge in [-0.1, -0.05) is 44.2 Å². The summed E-state index contributed by atoms with van der Waals surface area (Å²) in [6.45, 7) is 13.7. The van der Waals surface area contributed by atoms with Gasteiger partial charge in [0.05, 0.1) is 0 Å². The number of nitrogens with one attached hydrogen (secondary N) is 1. The van der Waals surface area contributed by atoms with E-state index in [-0.39, 0.29) is 5.41 Å². The molecule has 1 N–H and O–H groups in total. The van der Waals surface area contributed by atoms with Crippen LogP contribution < -0.4 is 5.32 Å². The molecule has 0 saturated heterocycles. The molecular weight excluding hydrogens is 256 g/mol. The summed E-state index contributed by atoms with van der Waals surface area (Å²) in [5.41, 5.74) is 1.65. The predicted octanol–water partition coefficient (Wildman–Crippen LogP) is 4.06. The lowest BCUT2D eigenvalue weighted by Crippen LogP contribution is -2.35. The Morgan fingerprint density at radius 3 is 2.29 bits per heavy atom. The number of hydrogen-bond donors (Lipinski definition) is 1. The SMILES string of the molecule is CC(CC(C)(C)c1ccccc1)NCCCN(C)C(C)C. The third kappa shape index (κ3) is 6.62. The summed E-state index contributed by atoms with van der Waals surface area (Å²) in [5, 5.41) is 3.68. The molecule has 2 nitrogen and oxygen atoms in total. The van der Waals surface area contributed by atoms with Gasteiger partial charge in [-0.2, -0.15) is 0 Å². The van der Waals surface area contributed by atoms with Crippen LogP contribution in [0.15, 0.2) is 30.3 Å². The lowest BCUT2D eigenvalue weighted by atomic mass is 9.79. The van der Waals surface area contributed by atoms with Gasteiger partial charge in [0.1, 0.15) is 0 Å². The number of hydrogen-bond acceptors (Lipinski definition) is 2. The van der Waals surface area contributed by atoms with Crippen LogP contribution in [0, 0.1) is 0 Å². The zero-order chi connectivity index (χ0) is 15.9. The molecule has 0 aliphatic heterocycles. The van der Waals surface area contributed by atoms with Crippen LogP contribution in [0.2, 0.25) is 0 Å². The van der Waals surface area contributed by atoms with Crippen molar-refractivity contribution in [2.24, 2.45) is 0 Å². The first-order valence-corrected chi connectivity index (χ1v) is 8.32. The molecule has 1 atom stereocenters. The van der Waals surface area contributed by atoms with E-state index in [9.17, 15) is 0 Å². The first-order chi connectivity index (χ1) is 9.83. The maximum atomic E-state index is 3.68. The fourth-order valence-corrected chi connectivity index (χ4v) is 2.78. The fraction of sp³-hybridized carbons (Fsp3) is 0.684. The maximum Gasteiger partial charge on any atom is 0.00470 e. The van der Waals surface area contributed by atoms with Gasteiger partial charge in [-0.3, -0.25) is 0 Å². The summed E-state index contributed by atoms with van der Waals surface area (Å²) >= 11 is 0. The molecule has 0 spiro atoms. The van der Waals surface area contributed by atoms with Crippen LogP contribution in [0.1, 0.15) is 53.0 Å². The van der Waals surface area contributed by atoms with Gasteiger partial charge in [-0.25, -0.2) is 0 Å². The van der Waals surface area contributed by atoms with E-state index in [0.717, 1.165) is 13.0 Å². The highest BCUT2D eigenvalue weighted by atomic mass is 15.1. The highest BCUT2D eigenvalue weighted by Crippen LogP contribution is 2.27. The van der Waals surface area contributed by atoms with E-state index in [1.807, 2.05) is 0 Å². The highest BCUT2D eigenvalue weighted by Gasteiger charge is 2.22. The van der Waals surface area contributed by atoms with Crippen LogP contribution in [0.25, 0.3) is 0 Å². The Morgan fingerprint density at radius 2 is 1.71 bits per heavy atom. The number of rotatable bonds is 9. The van der Waals surface area contributed by atoms with Crippen LogP contribution in [0.5, 0.6) is 0 Å². The lowest BCUT2D eigenvalue weighted by Gasteiger charge is -2.29. The van der Waals surface area contributed by atoms with Crippen molar-refractivity contribution < 1.29 is 0 Å². The summed E-state index contributed by atoms with van der Waals surface area (Å²) < 4.78 is 0. The molecule has 0 aromatic heterocycles. The van der Waals surface area contributed by atoms with Gasteiger partial charge >= 0.3 is 0 Å². The smallest absolute Gasteiger partial charge is 0.00470 e. The summed E-state index contributed by atoms with van der Waals surface area (Å²) in [7, 11) is 2.20. The summed E-state index contributed by atoms with van der Waals surface area (Å²) in [4.78, 5) is 2.40. The van der Waals surface area contributed by atoms with Gasteiger partial charge < -0.3 is 10.2 Å². The van der Waals surface area contributed by atoms with E-state index in [1.54, 1.807) is 0 Å². The molecule has 0 amide bonds. The monoisotopic (exact) mass is 290 g/mol. The van der Waals surface area contributed by atoms with Crippen molar-refractivity contribution in [2.75, 3.05) is 20.1 Å². The fourth-order valence-electron chi connectivity index (χ4n) is 2.78. The van der Waals surface area contributed by atoms with E-state index in [2.05, 4.69) is 82.2 Å². The zero-order valence-electron chi connectivity index (χ0n) is 14.8. The molecule has 2 heteroatoms. The Kier molecular flexibility index (Phi) is 7.41. The van der Waals surface area contributed by atoms with Crippen LogP contribution in [-0.4, -0.2) is 37.1 Å². The minimum absolute atomic E-state index is 0.225. The molecule has 1 rings (SSSR count). The Hall–Kier alpha value is -0.860. The second-order valence-corrected chi connectivity index (χ2v) is 7.24. The van der Waals surface area contributed by atoms with Crippen LogP contribution in [-0.2, 0) is 5.41 Å². The minimum Gasteiger partial charge on any atom is -0.314 e. The first kappa shape index (κ1) is 18.2. The van der Waals surface area contributed by atoms with Crippen LogP contribution in [0.4, 0.5) is 0 Å². The standard InChI is InChI=1S/C19H34N2/c1-16(2)21(6)14-10-13-20-17(3)15-19(4,5)18-11-8-7-9-12-18/h7-9,11-12,16-17,20H,10,13-15H2,1-6H3. The molecule has 0 radical (unpaired) electrons. The van der Waals surface area contributed by atoms with Gasteiger partial charge in [0.2, 0.25) is 0 Å². The summed E-state index contributed by atoms with van der Waals surface area (Å²) in [6.07, 6.45) is 2.38. The highest BCUT2D eigenvalue weighted by molar-refractivity contribution is 5.23. The molecule has 1 aromatic carbocycles. The minimum atomic E-state index is 0.225. The quantitative estimate of drug-likeness (QED) is 0.690. The molecule has 1 unspecified atom stereocenters. The second kappa shape index (κ2) is 8.55. The molecular formula is C19H34N2. The van der Waals surface area contributed by atoms with Gasteiger partial charge in [0.15, 0.2) is 0 Å². The Bertz CT molecular complexity index is 384. The molecule has 0 saturated carbocycles. The lowest BCUT2D eigenvalue weighted by molar-refractivity contribution is 0.266. The van der Waals surface area contributed by atoms with Crippen molar-refractivity contribution in [1.29, 1.82) is 0 Å². The molecule has 1 aromatic rings. The molecule has 0 heterocycles. The zero-order valence-corrected chi connectivity index (χ0v) is 14.8. The summed E-state index contributed by atoms with van der Waals surface area (Å²) in [6, 6.07) is 12.0. The Balaban J connectivity index is 2.32. The molecule has 0 fully saturated rings. The van der Waals surface area contributed by atoms with Crippen molar-refractivity contribution >= 4 is 0 Å². The van der Waals surface area contributed by atoms with E-state index >= 15 is 0 Å². The van der Waals surface area contributed by atoms with Crippen LogP contribution in [0.3, 0.4) is 0 Å². The van der Waals surface area contributed by atoms with E-state index in [1.165, 1.54) is 18.5 Å². The third-order valence-corrected chi connectivity index (χ3v) is 4.43. The molecule has 0 aliphatic rings. The van der Waals surface area contributed by atoms with Gasteiger partial charge in [0, 0.05) is 12.1 Å². The normalized spacial score (nSPS) is 13.9. The molecule has 120 valence electrons. The maximum absolute atomic E-state index is 3.68. The average molecular weight is 290 g/mol. The predicted molar refractivity (Wildman–Crippen MR) is 93.9 cm³/mol. The topological polar surface area (TPSA) is 15.3 Å². The van der Waals surface area contributed by atoms with Crippen molar-refractivity contribution in [3.05, 3.63) is 35.9 Å². The van der Waals surface area contributed by atoms with Crippen molar-refractivity contribution in [3.8, 4) is 0 Å². The van der Waals surface area contributed by atoms with E-state index in [0.29, 0.717) is 12.1 Å². The molecule has 0 bridgehead atoms. The van der Waals surface area contributed by atoms with Crippen molar-refractivity contribution in [3.63, 3.8) is 0 Å². The number of benzene rings is 1. The summed E-state index contributed by atoms with van der Waals surface area (Å²) in [5.74, 6) is 0.